The molecule has 2 aliphatic heterocycles. The van der Waals surface area contributed by atoms with Crippen LogP contribution in [0, 0.1) is 19.8 Å². The van der Waals surface area contributed by atoms with E-state index >= 15 is 0 Å². The third-order valence-electron chi connectivity index (χ3n) is 4.55. The van der Waals surface area contributed by atoms with Crippen molar-refractivity contribution in [1.82, 2.24) is 0 Å². The monoisotopic (exact) mass is 398 g/mol. The molecule has 4 rings (SSSR count). The molecule has 0 spiro atoms. The van der Waals surface area contributed by atoms with Gasteiger partial charge in [-0.3, -0.25) is 9.59 Å². The third-order valence-corrected chi connectivity index (χ3v) is 5.07. The van der Waals surface area contributed by atoms with Crippen LogP contribution in [-0.4, -0.2) is 23.6 Å². The topological polar surface area (TPSA) is 59.0 Å². The van der Waals surface area contributed by atoms with Gasteiger partial charge in [0.25, 0.3) is 5.91 Å². The average molecular weight is 399 g/mol. The highest BCUT2D eigenvalue weighted by Crippen LogP contribution is 2.36. The maximum Gasteiger partial charge on any atom is 0.278 e. The summed E-state index contributed by atoms with van der Waals surface area (Å²) >= 11 is 3.39. The van der Waals surface area contributed by atoms with Crippen molar-refractivity contribution in [3.63, 3.8) is 0 Å². The van der Waals surface area contributed by atoms with Crippen LogP contribution in [0.2, 0.25) is 0 Å². The zero-order valence-corrected chi connectivity index (χ0v) is 15.3. The van der Waals surface area contributed by atoms with Crippen LogP contribution in [0.15, 0.2) is 52.1 Å². The molecule has 2 aromatic rings. The molecule has 0 saturated carbocycles. The van der Waals surface area contributed by atoms with E-state index in [-0.39, 0.29) is 11.8 Å². The number of halogens is 1. The number of imide groups is 1. The Kier molecular flexibility index (Phi) is 3.72. The minimum absolute atomic E-state index is 0.291. The van der Waals surface area contributed by atoms with Gasteiger partial charge in [-0.25, -0.2) is 4.90 Å². The number of anilines is 1. The highest BCUT2D eigenvalue weighted by atomic mass is 79.9. The Balaban J connectivity index is 1.72. The van der Waals surface area contributed by atoms with E-state index in [1.807, 2.05) is 50.2 Å². The van der Waals surface area contributed by atoms with Crippen molar-refractivity contribution < 1.29 is 14.4 Å². The Bertz CT molecular complexity index is 921. The number of fused-ring (bicyclic) bond motifs is 1. The van der Waals surface area contributed by atoms with E-state index in [1.165, 1.54) is 4.90 Å². The molecule has 0 unspecified atom stereocenters. The lowest BCUT2D eigenvalue weighted by atomic mass is 9.94. The summed E-state index contributed by atoms with van der Waals surface area (Å²) in [5.41, 5.74) is 3.84. The van der Waals surface area contributed by atoms with Crippen LogP contribution in [0.1, 0.15) is 16.7 Å². The number of hydrogen-bond donors (Lipinski definition) is 0. The Hall–Kier alpha value is -2.47. The van der Waals surface area contributed by atoms with Gasteiger partial charge in [-0.2, -0.15) is 0 Å². The summed E-state index contributed by atoms with van der Waals surface area (Å²) in [6, 6.07) is 13.1. The summed E-state index contributed by atoms with van der Waals surface area (Å²) < 4.78 is 0.929. The minimum atomic E-state index is -0.883. The SMILES string of the molecule is Cc1ccc(N2C(=O)[C@H]3C(c4ccc(Br)cc4)=NO[C@@H]3C2=O)c(C)c1. The molecule has 2 atom stereocenters. The van der Waals surface area contributed by atoms with Gasteiger partial charge in [-0.15, -0.1) is 0 Å². The number of rotatable bonds is 2. The molecule has 0 aromatic heterocycles. The van der Waals surface area contributed by atoms with Crippen LogP contribution in [0.25, 0.3) is 0 Å². The summed E-state index contributed by atoms with van der Waals surface area (Å²) in [5, 5.41) is 4.02. The molecular weight excluding hydrogens is 384 g/mol. The molecule has 2 aliphatic rings. The van der Waals surface area contributed by atoms with Crippen LogP contribution < -0.4 is 4.90 Å². The summed E-state index contributed by atoms with van der Waals surface area (Å²) in [4.78, 5) is 32.4. The number of carbonyl (C=O) groups is 2. The number of amides is 2. The maximum absolute atomic E-state index is 13.0. The van der Waals surface area contributed by atoms with E-state index in [1.54, 1.807) is 6.07 Å². The fourth-order valence-electron chi connectivity index (χ4n) is 3.33. The molecule has 0 N–H and O–H groups in total. The van der Waals surface area contributed by atoms with Crippen molar-refractivity contribution in [3.8, 4) is 0 Å². The van der Waals surface area contributed by atoms with Crippen molar-refractivity contribution in [2.45, 2.75) is 20.0 Å². The molecule has 5 nitrogen and oxygen atoms in total. The second kappa shape index (κ2) is 5.81. The lowest BCUT2D eigenvalue weighted by Crippen LogP contribution is -2.33. The van der Waals surface area contributed by atoms with Gasteiger partial charge in [0.2, 0.25) is 12.0 Å². The predicted molar refractivity (Wildman–Crippen MR) is 97.5 cm³/mol. The van der Waals surface area contributed by atoms with Gasteiger partial charge in [0.15, 0.2) is 0 Å². The summed E-state index contributed by atoms with van der Waals surface area (Å²) in [5.74, 6) is -1.35. The Labute approximate surface area is 153 Å². The van der Waals surface area contributed by atoms with Gasteiger partial charge in [-0.1, -0.05) is 50.9 Å². The van der Waals surface area contributed by atoms with E-state index in [4.69, 9.17) is 4.84 Å². The molecule has 126 valence electrons. The van der Waals surface area contributed by atoms with E-state index < -0.39 is 12.0 Å². The highest BCUT2D eigenvalue weighted by molar-refractivity contribution is 9.10. The lowest BCUT2D eigenvalue weighted by molar-refractivity contribution is -0.126. The summed E-state index contributed by atoms with van der Waals surface area (Å²) in [7, 11) is 0. The largest absolute Gasteiger partial charge is 0.381 e. The number of carbonyl (C=O) groups excluding carboxylic acids is 2. The molecule has 0 bridgehead atoms. The van der Waals surface area contributed by atoms with Gasteiger partial charge in [-0.05, 0) is 37.6 Å². The Morgan fingerprint density at radius 3 is 2.44 bits per heavy atom. The quantitative estimate of drug-likeness (QED) is 0.728. The van der Waals surface area contributed by atoms with Crippen molar-refractivity contribution in [2.75, 3.05) is 4.90 Å². The maximum atomic E-state index is 13.0. The zero-order chi connectivity index (χ0) is 17.7. The number of aryl methyl sites for hydroxylation is 2. The van der Waals surface area contributed by atoms with Gasteiger partial charge in [0.05, 0.1) is 5.69 Å². The molecule has 2 amide bonds. The van der Waals surface area contributed by atoms with Crippen molar-refractivity contribution >= 4 is 39.1 Å². The van der Waals surface area contributed by atoms with Gasteiger partial charge in [0, 0.05) is 10.0 Å². The molecule has 1 saturated heterocycles. The number of hydrogen-bond acceptors (Lipinski definition) is 4. The first-order valence-electron chi connectivity index (χ1n) is 7.92. The van der Waals surface area contributed by atoms with Gasteiger partial charge in [0.1, 0.15) is 11.6 Å². The van der Waals surface area contributed by atoms with E-state index in [0.717, 1.165) is 21.2 Å². The molecule has 2 heterocycles. The number of nitrogens with zero attached hydrogens (tertiary/aromatic N) is 2. The van der Waals surface area contributed by atoms with Crippen molar-refractivity contribution in [1.29, 1.82) is 0 Å². The number of oxime groups is 1. The van der Waals surface area contributed by atoms with Crippen molar-refractivity contribution in [3.05, 3.63) is 63.6 Å². The van der Waals surface area contributed by atoms with Crippen LogP contribution in [0.3, 0.4) is 0 Å². The lowest BCUT2D eigenvalue weighted by Gasteiger charge is -2.18. The standard InChI is InChI=1S/C19H15BrN2O3/c1-10-3-8-14(11(2)9-10)22-18(23)15-16(21-25-17(15)19(22)24)12-4-6-13(20)7-5-12/h3-9,15,17H,1-2H3/t15-,17-/m0/s1. The van der Waals surface area contributed by atoms with E-state index in [0.29, 0.717) is 11.4 Å². The third kappa shape index (κ3) is 2.48. The molecule has 1 fully saturated rings. The van der Waals surface area contributed by atoms with Gasteiger partial charge >= 0.3 is 0 Å². The normalized spacial score (nSPS) is 22.0. The molecule has 25 heavy (non-hydrogen) atoms. The fourth-order valence-corrected chi connectivity index (χ4v) is 3.59. The molecule has 2 aromatic carbocycles. The molecule has 0 aliphatic carbocycles. The minimum Gasteiger partial charge on any atom is -0.381 e. The fraction of sp³-hybridized carbons (Fsp3) is 0.211. The van der Waals surface area contributed by atoms with Crippen LogP contribution in [0.5, 0.6) is 0 Å². The predicted octanol–water partition coefficient (Wildman–Crippen LogP) is 3.36. The molecule has 6 heteroatoms. The first-order valence-corrected chi connectivity index (χ1v) is 8.71. The molecular formula is C19H15BrN2O3. The summed E-state index contributed by atoms with van der Waals surface area (Å²) in [6.07, 6.45) is -0.883. The first-order chi connectivity index (χ1) is 12.0. The van der Waals surface area contributed by atoms with Crippen molar-refractivity contribution in [2.24, 2.45) is 11.1 Å². The Morgan fingerprint density at radius 1 is 1.04 bits per heavy atom. The smallest absolute Gasteiger partial charge is 0.278 e. The second-order valence-electron chi connectivity index (χ2n) is 6.29. The van der Waals surface area contributed by atoms with Crippen LogP contribution in [0.4, 0.5) is 5.69 Å². The van der Waals surface area contributed by atoms with E-state index in [9.17, 15) is 9.59 Å². The van der Waals surface area contributed by atoms with Crippen LogP contribution in [-0.2, 0) is 14.4 Å². The summed E-state index contributed by atoms with van der Waals surface area (Å²) in [6.45, 7) is 3.86. The number of benzene rings is 2. The van der Waals surface area contributed by atoms with E-state index in [2.05, 4.69) is 21.1 Å². The first kappa shape index (κ1) is 16.0. The van der Waals surface area contributed by atoms with Gasteiger partial charge < -0.3 is 4.84 Å². The molecule has 0 radical (unpaired) electrons. The average Bonchev–Trinajstić information content (AvgIpc) is 3.11. The second-order valence-corrected chi connectivity index (χ2v) is 7.20. The van der Waals surface area contributed by atoms with Crippen LogP contribution >= 0.6 is 15.9 Å². The zero-order valence-electron chi connectivity index (χ0n) is 13.7. The highest BCUT2D eigenvalue weighted by Gasteiger charge is 2.56. The Morgan fingerprint density at radius 2 is 1.76 bits per heavy atom.